The molecule has 0 spiro atoms. The maximum atomic E-state index is 11.4. The minimum atomic E-state index is -0.752. The molecule has 4 nitrogen and oxygen atoms in total. The molecule has 3 N–H and O–H groups in total. The van der Waals surface area contributed by atoms with E-state index in [1.54, 1.807) is 6.92 Å². The van der Waals surface area contributed by atoms with E-state index in [0.717, 1.165) is 25.8 Å². The Balaban J connectivity index is 4.16. The summed E-state index contributed by atoms with van der Waals surface area (Å²) >= 11 is 0. The van der Waals surface area contributed by atoms with Gasteiger partial charge in [0.05, 0.1) is 12.7 Å². The van der Waals surface area contributed by atoms with E-state index in [2.05, 4.69) is 19.2 Å². The number of primary amides is 1. The van der Waals surface area contributed by atoms with Crippen molar-refractivity contribution in [3.63, 3.8) is 0 Å². The van der Waals surface area contributed by atoms with Crippen molar-refractivity contribution in [3.8, 4) is 0 Å². The van der Waals surface area contributed by atoms with Crippen LogP contribution in [0.1, 0.15) is 47.0 Å². The van der Waals surface area contributed by atoms with Crippen LogP contribution in [0.2, 0.25) is 0 Å². The number of carbonyl (C=O) groups is 1. The van der Waals surface area contributed by atoms with Crippen LogP contribution in [-0.2, 0) is 9.53 Å². The summed E-state index contributed by atoms with van der Waals surface area (Å²) in [6, 6.07) is 0. The number of nitrogens with one attached hydrogen (secondary N) is 1. The third kappa shape index (κ3) is 5.47. The first kappa shape index (κ1) is 15.4. The molecular formula is C12H26N2O2. The number of carbonyl (C=O) groups excluding carboxylic acids is 1. The molecule has 0 aromatic carbocycles. The highest BCUT2D eigenvalue weighted by molar-refractivity contribution is 5.84. The Morgan fingerprint density at radius 1 is 1.44 bits per heavy atom. The number of ether oxygens (including phenoxy) is 1. The number of nitrogens with two attached hydrogens (primary N) is 1. The van der Waals surface area contributed by atoms with E-state index in [9.17, 15) is 4.79 Å². The first-order valence-electron chi connectivity index (χ1n) is 6.12. The number of hydrogen-bond donors (Lipinski definition) is 2. The van der Waals surface area contributed by atoms with Crippen LogP contribution in [0.5, 0.6) is 0 Å². The van der Waals surface area contributed by atoms with E-state index in [4.69, 9.17) is 10.5 Å². The van der Waals surface area contributed by atoms with E-state index in [-0.39, 0.29) is 12.0 Å². The summed E-state index contributed by atoms with van der Waals surface area (Å²) in [6.45, 7) is 9.08. The average Bonchev–Trinajstić information content (AvgIpc) is 2.24. The summed E-state index contributed by atoms with van der Waals surface area (Å²) in [5, 5.41) is 3.14. The lowest BCUT2D eigenvalue weighted by molar-refractivity contribution is -0.127. The van der Waals surface area contributed by atoms with Crippen LogP contribution >= 0.6 is 0 Å². The van der Waals surface area contributed by atoms with Gasteiger partial charge in [0.1, 0.15) is 5.54 Å². The lowest BCUT2D eigenvalue weighted by Crippen LogP contribution is -2.56. The van der Waals surface area contributed by atoms with Crippen molar-refractivity contribution < 1.29 is 9.53 Å². The smallest absolute Gasteiger partial charge is 0.239 e. The maximum Gasteiger partial charge on any atom is 0.239 e. The number of amides is 1. The Bertz CT molecular complexity index is 209. The van der Waals surface area contributed by atoms with Gasteiger partial charge in [0.15, 0.2) is 0 Å². The van der Waals surface area contributed by atoms with Crippen molar-refractivity contribution in [3.05, 3.63) is 0 Å². The molecular weight excluding hydrogens is 204 g/mol. The van der Waals surface area contributed by atoms with E-state index in [1.807, 2.05) is 6.92 Å². The minimum Gasteiger partial charge on any atom is -0.376 e. The van der Waals surface area contributed by atoms with E-state index in [0.29, 0.717) is 6.61 Å². The molecule has 0 saturated heterocycles. The van der Waals surface area contributed by atoms with Gasteiger partial charge in [-0.3, -0.25) is 4.79 Å². The first-order chi connectivity index (χ1) is 7.46. The van der Waals surface area contributed by atoms with Crippen LogP contribution in [0, 0.1) is 0 Å². The summed E-state index contributed by atoms with van der Waals surface area (Å²) in [5.74, 6) is -0.357. The van der Waals surface area contributed by atoms with Crippen molar-refractivity contribution >= 4 is 5.91 Å². The molecule has 0 aliphatic rings. The van der Waals surface area contributed by atoms with E-state index >= 15 is 0 Å². The fourth-order valence-electron chi connectivity index (χ4n) is 1.41. The second kappa shape index (κ2) is 7.63. The van der Waals surface area contributed by atoms with E-state index in [1.165, 1.54) is 0 Å². The monoisotopic (exact) mass is 230 g/mol. The van der Waals surface area contributed by atoms with Crippen molar-refractivity contribution in [2.45, 2.75) is 58.6 Å². The second-order valence-electron chi connectivity index (χ2n) is 4.53. The fourth-order valence-corrected chi connectivity index (χ4v) is 1.41. The quantitative estimate of drug-likeness (QED) is 0.630. The summed E-state index contributed by atoms with van der Waals surface area (Å²) < 4.78 is 5.64. The van der Waals surface area contributed by atoms with Gasteiger partial charge in [-0.05, 0) is 33.2 Å². The average molecular weight is 230 g/mol. The maximum absolute atomic E-state index is 11.4. The van der Waals surface area contributed by atoms with E-state index < -0.39 is 5.54 Å². The topological polar surface area (TPSA) is 64.3 Å². The Kier molecular flexibility index (Phi) is 7.34. The lowest BCUT2D eigenvalue weighted by Gasteiger charge is -2.28. The van der Waals surface area contributed by atoms with Crippen LogP contribution in [0.25, 0.3) is 0 Å². The molecule has 0 aromatic heterocycles. The molecule has 0 aliphatic carbocycles. The predicted octanol–water partition coefficient (Wildman–Crippen LogP) is 1.44. The fraction of sp³-hybridized carbons (Fsp3) is 0.917. The van der Waals surface area contributed by atoms with Crippen molar-refractivity contribution in [1.82, 2.24) is 5.32 Å². The molecule has 0 radical (unpaired) electrons. The van der Waals surface area contributed by atoms with Crippen LogP contribution < -0.4 is 11.1 Å². The molecule has 0 saturated carbocycles. The van der Waals surface area contributed by atoms with Crippen molar-refractivity contribution in [2.75, 3.05) is 13.2 Å². The summed E-state index contributed by atoms with van der Waals surface area (Å²) in [6.07, 6.45) is 3.22. The summed E-state index contributed by atoms with van der Waals surface area (Å²) in [5.41, 5.74) is 4.64. The van der Waals surface area contributed by atoms with Gasteiger partial charge >= 0.3 is 0 Å². The van der Waals surface area contributed by atoms with Crippen LogP contribution in [0.15, 0.2) is 0 Å². The molecule has 0 rings (SSSR count). The third-order valence-electron chi connectivity index (χ3n) is 2.66. The van der Waals surface area contributed by atoms with Crippen LogP contribution in [-0.4, -0.2) is 30.7 Å². The van der Waals surface area contributed by atoms with Crippen LogP contribution in [0.4, 0.5) is 0 Å². The standard InChI is InChI=1S/C12H26N2O2/c1-5-7-10(3)16-9-12(4,11(13)15)14-8-6-2/h10,14H,5-9H2,1-4H3,(H2,13,15). The molecule has 0 fully saturated rings. The normalized spacial score (nSPS) is 16.8. The largest absolute Gasteiger partial charge is 0.376 e. The Morgan fingerprint density at radius 3 is 2.50 bits per heavy atom. The minimum absolute atomic E-state index is 0.173. The molecule has 16 heavy (non-hydrogen) atoms. The molecule has 96 valence electrons. The SMILES string of the molecule is CCCNC(C)(COC(C)CCC)C(N)=O. The van der Waals surface area contributed by atoms with Gasteiger partial charge in [0.25, 0.3) is 0 Å². The highest BCUT2D eigenvalue weighted by Crippen LogP contribution is 2.08. The first-order valence-corrected chi connectivity index (χ1v) is 6.12. The second-order valence-corrected chi connectivity index (χ2v) is 4.53. The zero-order valence-electron chi connectivity index (χ0n) is 11.0. The number of hydrogen-bond acceptors (Lipinski definition) is 3. The van der Waals surface area contributed by atoms with Crippen molar-refractivity contribution in [2.24, 2.45) is 5.73 Å². The Labute approximate surface area is 98.9 Å². The molecule has 0 aromatic rings. The Hall–Kier alpha value is -0.610. The molecule has 2 unspecified atom stereocenters. The van der Waals surface area contributed by atoms with Crippen molar-refractivity contribution in [1.29, 1.82) is 0 Å². The lowest BCUT2D eigenvalue weighted by atomic mass is 10.0. The predicted molar refractivity (Wildman–Crippen MR) is 66.2 cm³/mol. The highest BCUT2D eigenvalue weighted by Gasteiger charge is 2.31. The van der Waals surface area contributed by atoms with Gasteiger partial charge < -0.3 is 15.8 Å². The van der Waals surface area contributed by atoms with Crippen LogP contribution in [0.3, 0.4) is 0 Å². The summed E-state index contributed by atoms with van der Waals surface area (Å²) in [7, 11) is 0. The zero-order chi connectivity index (χ0) is 12.6. The van der Waals surface area contributed by atoms with Gasteiger partial charge in [0.2, 0.25) is 5.91 Å². The van der Waals surface area contributed by atoms with Gasteiger partial charge in [-0.15, -0.1) is 0 Å². The Morgan fingerprint density at radius 2 is 2.06 bits per heavy atom. The summed E-state index contributed by atoms with van der Waals surface area (Å²) in [4.78, 5) is 11.4. The van der Waals surface area contributed by atoms with Gasteiger partial charge in [-0.2, -0.15) is 0 Å². The van der Waals surface area contributed by atoms with Gasteiger partial charge in [0, 0.05) is 0 Å². The highest BCUT2D eigenvalue weighted by atomic mass is 16.5. The van der Waals surface area contributed by atoms with Gasteiger partial charge in [-0.25, -0.2) is 0 Å². The molecule has 1 amide bonds. The molecule has 2 atom stereocenters. The van der Waals surface area contributed by atoms with Gasteiger partial charge in [-0.1, -0.05) is 20.3 Å². The number of rotatable bonds is 9. The molecule has 0 aliphatic heterocycles. The third-order valence-corrected chi connectivity index (χ3v) is 2.66. The molecule has 4 heteroatoms. The zero-order valence-corrected chi connectivity index (χ0v) is 11.0. The molecule has 0 bridgehead atoms. The molecule has 0 heterocycles.